The van der Waals surface area contributed by atoms with Crippen LogP contribution in [0.5, 0.6) is 0 Å². The highest BCUT2D eigenvalue weighted by Gasteiger charge is 2.43. The number of primary sulfonamides is 1. The number of carbonyl (C=O) groups is 2. The van der Waals surface area contributed by atoms with Crippen LogP contribution in [0, 0.1) is 0 Å². The fraction of sp³-hybridized carbons (Fsp3) is 0.778. The number of nitrogens with zero attached hydrogens (tertiary/aromatic N) is 1. The minimum Gasteiger partial charge on any atom is -0.481 e. The molecular weight excluding hydrogens is 248 g/mol. The van der Waals surface area contributed by atoms with Crippen LogP contribution in [0.1, 0.15) is 26.7 Å². The van der Waals surface area contributed by atoms with Crippen molar-refractivity contribution in [2.75, 3.05) is 6.54 Å². The number of carboxylic acid groups (broad SMARTS) is 1. The van der Waals surface area contributed by atoms with E-state index in [1.54, 1.807) is 13.8 Å². The third-order valence-electron chi connectivity index (χ3n) is 2.87. The largest absolute Gasteiger partial charge is 0.481 e. The molecule has 98 valence electrons. The predicted octanol–water partition coefficient (Wildman–Crippen LogP) is -0.871. The molecular formula is C9H16N2O5S. The van der Waals surface area contributed by atoms with Crippen LogP contribution < -0.4 is 5.14 Å². The zero-order valence-corrected chi connectivity index (χ0v) is 10.5. The highest BCUT2D eigenvalue weighted by molar-refractivity contribution is 7.89. The minimum absolute atomic E-state index is 0.0437. The van der Waals surface area contributed by atoms with Gasteiger partial charge in [-0.3, -0.25) is 9.59 Å². The number of likely N-dealkylation sites (tertiary alicyclic amines) is 1. The Kier molecular flexibility index (Phi) is 3.49. The molecule has 1 amide bonds. The summed E-state index contributed by atoms with van der Waals surface area (Å²) >= 11 is 0. The highest BCUT2D eigenvalue weighted by Crippen LogP contribution is 2.27. The van der Waals surface area contributed by atoms with Crippen LogP contribution in [0.15, 0.2) is 0 Å². The Balaban J connectivity index is 2.88. The van der Waals surface area contributed by atoms with Gasteiger partial charge in [0.1, 0.15) is 5.25 Å². The van der Waals surface area contributed by atoms with Crippen LogP contribution in [0.3, 0.4) is 0 Å². The van der Waals surface area contributed by atoms with Gasteiger partial charge in [0.2, 0.25) is 15.9 Å². The number of nitrogens with two attached hydrogens (primary N) is 1. The molecule has 0 bridgehead atoms. The summed E-state index contributed by atoms with van der Waals surface area (Å²) in [5, 5.41) is 12.8. The van der Waals surface area contributed by atoms with E-state index in [9.17, 15) is 18.0 Å². The molecule has 1 saturated heterocycles. The van der Waals surface area contributed by atoms with Gasteiger partial charge in [0.05, 0.1) is 6.42 Å². The molecule has 1 fully saturated rings. The first kappa shape index (κ1) is 13.9. The Labute approximate surface area is 99.6 Å². The molecule has 1 aliphatic rings. The van der Waals surface area contributed by atoms with E-state index < -0.39 is 26.8 Å². The second kappa shape index (κ2) is 4.26. The summed E-state index contributed by atoms with van der Waals surface area (Å²) in [6.07, 6.45) is -0.419. The minimum atomic E-state index is -3.77. The van der Waals surface area contributed by atoms with E-state index in [4.69, 9.17) is 10.2 Å². The smallest absolute Gasteiger partial charge is 0.305 e. The third-order valence-corrected chi connectivity index (χ3v) is 4.11. The Morgan fingerprint density at radius 3 is 2.47 bits per heavy atom. The molecule has 1 heterocycles. The first-order chi connectivity index (χ1) is 7.54. The van der Waals surface area contributed by atoms with Crippen LogP contribution in [0.2, 0.25) is 0 Å². The first-order valence-electron chi connectivity index (χ1n) is 5.08. The molecule has 1 aliphatic heterocycles. The second-order valence-corrected chi connectivity index (χ2v) is 6.65. The first-order valence-corrected chi connectivity index (χ1v) is 6.69. The Hall–Kier alpha value is -1.15. The molecule has 3 N–H and O–H groups in total. The molecule has 1 unspecified atom stereocenters. The van der Waals surface area contributed by atoms with Crippen molar-refractivity contribution in [1.29, 1.82) is 0 Å². The van der Waals surface area contributed by atoms with Gasteiger partial charge >= 0.3 is 5.97 Å². The van der Waals surface area contributed by atoms with E-state index in [1.807, 2.05) is 0 Å². The second-order valence-electron chi connectivity index (χ2n) is 4.80. The SMILES string of the molecule is CC(C)(CC(=O)O)N1CC(S(N)(=O)=O)CC1=O. The van der Waals surface area contributed by atoms with Gasteiger partial charge in [-0.1, -0.05) is 0 Å². The zero-order chi connectivity index (χ0) is 13.4. The molecule has 0 spiro atoms. The monoisotopic (exact) mass is 264 g/mol. The summed E-state index contributed by atoms with van der Waals surface area (Å²) in [5.74, 6) is -1.42. The van der Waals surface area contributed by atoms with E-state index in [2.05, 4.69) is 0 Å². The molecule has 0 aliphatic carbocycles. The van der Waals surface area contributed by atoms with Crippen molar-refractivity contribution < 1.29 is 23.1 Å². The van der Waals surface area contributed by atoms with Crippen molar-refractivity contribution in [3.8, 4) is 0 Å². The molecule has 1 rings (SSSR count). The number of rotatable bonds is 4. The normalized spacial score (nSPS) is 21.9. The van der Waals surface area contributed by atoms with E-state index in [0.29, 0.717) is 0 Å². The van der Waals surface area contributed by atoms with Gasteiger partial charge in [-0.15, -0.1) is 0 Å². The lowest BCUT2D eigenvalue weighted by atomic mass is 9.99. The molecule has 0 radical (unpaired) electrons. The quantitative estimate of drug-likeness (QED) is 0.684. The van der Waals surface area contributed by atoms with E-state index >= 15 is 0 Å². The van der Waals surface area contributed by atoms with Crippen molar-refractivity contribution in [3.63, 3.8) is 0 Å². The van der Waals surface area contributed by atoms with Gasteiger partial charge < -0.3 is 10.0 Å². The lowest BCUT2D eigenvalue weighted by Crippen LogP contribution is -2.47. The molecule has 0 aromatic heterocycles. The van der Waals surface area contributed by atoms with Gasteiger partial charge in [0.15, 0.2) is 0 Å². The van der Waals surface area contributed by atoms with Crippen LogP contribution in [-0.2, 0) is 19.6 Å². The number of amides is 1. The maximum atomic E-state index is 11.7. The molecule has 1 atom stereocenters. The summed E-state index contributed by atoms with van der Waals surface area (Å²) in [6, 6.07) is 0. The average Bonchev–Trinajstić information content (AvgIpc) is 2.44. The van der Waals surface area contributed by atoms with Gasteiger partial charge in [0.25, 0.3) is 0 Å². The molecule has 7 nitrogen and oxygen atoms in total. The molecule has 8 heteroatoms. The van der Waals surface area contributed by atoms with Gasteiger partial charge in [-0.2, -0.15) is 0 Å². The predicted molar refractivity (Wildman–Crippen MR) is 59.6 cm³/mol. The van der Waals surface area contributed by atoms with E-state index in [1.165, 1.54) is 4.90 Å². The number of sulfonamides is 1. The molecule has 17 heavy (non-hydrogen) atoms. The number of carbonyl (C=O) groups excluding carboxylic acids is 1. The van der Waals surface area contributed by atoms with Gasteiger partial charge in [-0.25, -0.2) is 13.6 Å². The highest BCUT2D eigenvalue weighted by atomic mass is 32.2. The summed E-state index contributed by atoms with van der Waals surface area (Å²) in [7, 11) is -3.77. The van der Waals surface area contributed by atoms with E-state index in [-0.39, 0.29) is 25.3 Å². The summed E-state index contributed by atoms with van der Waals surface area (Å²) in [5.41, 5.74) is -0.914. The van der Waals surface area contributed by atoms with Crippen molar-refractivity contribution >= 4 is 21.9 Å². The van der Waals surface area contributed by atoms with Crippen LogP contribution in [-0.4, -0.2) is 47.6 Å². The Bertz CT molecular complexity index is 442. The van der Waals surface area contributed by atoms with Crippen molar-refractivity contribution in [3.05, 3.63) is 0 Å². The number of hydrogen-bond donors (Lipinski definition) is 2. The molecule has 0 saturated carbocycles. The van der Waals surface area contributed by atoms with Gasteiger partial charge in [-0.05, 0) is 13.8 Å². The molecule has 0 aromatic carbocycles. The number of carboxylic acids is 1. The van der Waals surface area contributed by atoms with Crippen LogP contribution >= 0.6 is 0 Å². The van der Waals surface area contributed by atoms with Crippen molar-refractivity contribution in [2.45, 2.75) is 37.5 Å². The maximum Gasteiger partial charge on any atom is 0.305 e. The lowest BCUT2D eigenvalue weighted by molar-refractivity contribution is -0.142. The van der Waals surface area contributed by atoms with Gasteiger partial charge in [0, 0.05) is 18.5 Å². The lowest BCUT2D eigenvalue weighted by Gasteiger charge is -2.34. The van der Waals surface area contributed by atoms with Crippen LogP contribution in [0.25, 0.3) is 0 Å². The Morgan fingerprint density at radius 1 is 1.59 bits per heavy atom. The Morgan fingerprint density at radius 2 is 2.12 bits per heavy atom. The maximum absolute atomic E-state index is 11.7. The fourth-order valence-electron chi connectivity index (χ4n) is 1.95. The zero-order valence-electron chi connectivity index (χ0n) is 9.71. The average molecular weight is 264 g/mol. The summed E-state index contributed by atoms with van der Waals surface area (Å²) < 4.78 is 22.3. The standard InChI is InChI=1S/C9H16N2O5S/c1-9(2,4-8(13)14)11-5-6(3-7(11)12)17(10,15)16/h6H,3-5H2,1-2H3,(H,13,14)(H2,10,15,16). The van der Waals surface area contributed by atoms with E-state index in [0.717, 1.165) is 0 Å². The molecule has 0 aromatic rings. The fourth-order valence-corrected chi connectivity index (χ4v) is 2.68. The van der Waals surface area contributed by atoms with Crippen molar-refractivity contribution in [1.82, 2.24) is 4.90 Å². The third kappa shape index (κ3) is 3.16. The van der Waals surface area contributed by atoms with Crippen molar-refractivity contribution in [2.24, 2.45) is 5.14 Å². The summed E-state index contributed by atoms with van der Waals surface area (Å²) in [4.78, 5) is 23.6. The van der Waals surface area contributed by atoms with Crippen LogP contribution in [0.4, 0.5) is 0 Å². The summed E-state index contributed by atoms with van der Waals surface area (Å²) in [6.45, 7) is 3.13. The number of hydrogen-bond acceptors (Lipinski definition) is 4. The number of aliphatic carboxylic acids is 1. The topological polar surface area (TPSA) is 118 Å².